The van der Waals surface area contributed by atoms with Crippen molar-refractivity contribution in [2.45, 2.75) is 20.3 Å². The van der Waals surface area contributed by atoms with Crippen LogP contribution in [0.5, 0.6) is 11.5 Å². The van der Waals surface area contributed by atoms with Crippen molar-refractivity contribution in [2.75, 3.05) is 20.3 Å². The number of rotatable bonds is 7. The molecule has 0 atom stereocenters. The summed E-state index contributed by atoms with van der Waals surface area (Å²) < 4.78 is 16.0. The van der Waals surface area contributed by atoms with Gasteiger partial charge in [-0.15, -0.1) is 0 Å². The van der Waals surface area contributed by atoms with Crippen molar-refractivity contribution in [3.8, 4) is 11.5 Å². The third kappa shape index (κ3) is 4.51. The second-order valence-corrected chi connectivity index (χ2v) is 4.79. The Labute approximate surface area is 129 Å². The molecule has 0 saturated carbocycles. The van der Waals surface area contributed by atoms with Crippen LogP contribution >= 0.6 is 0 Å². The Morgan fingerprint density at radius 2 is 1.91 bits per heavy atom. The van der Waals surface area contributed by atoms with E-state index in [0.29, 0.717) is 24.8 Å². The summed E-state index contributed by atoms with van der Waals surface area (Å²) in [7, 11) is 1.61. The zero-order chi connectivity index (χ0) is 15.9. The molecule has 0 aliphatic carbocycles. The predicted molar refractivity (Wildman–Crippen MR) is 81.2 cm³/mol. The fraction of sp³-hybridized carbons (Fsp3) is 0.375. The average molecular weight is 304 g/mol. The molecule has 1 amide bonds. The Balaban J connectivity index is 1.69. The van der Waals surface area contributed by atoms with Crippen LogP contribution in [0.2, 0.25) is 0 Å². The summed E-state index contributed by atoms with van der Waals surface area (Å²) in [5, 5.41) is 2.78. The molecular weight excluding hydrogens is 284 g/mol. The van der Waals surface area contributed by atoms with Crippen molar-refractivity contribution in [1.82, 2.24) is 10.3 Å². The Morgan fingerprint density at radius 3 is 2.50 bits per heavy atom. The number of nitrogens with zero attached hydrogens (tertiary/aromatic N) is 1. The lowest BCUT2D eigenvalue weighted by Gasteiger charge is -2.08. The Bertz CT molecular complexity index is 620. The van der Waals surface area contributed by atoms with Crippen LogP contribution in [-0.4, -0.2) is 31.2 Å². The summed E-state index contributed by atoms with van der Waals surface area (Å²) in [6.45, 7) is 4.41. The first-order chi connectivity index (χ1) is 10.6. The van der Waals surface area contributed by atoms with Crippen LogP contribution in [0.25, 0.3) is 0 Å². The molecule has 22 heavy (non-hydrogen) atoms. The summed E-state index contributed by atoms with van der Waals surface area (Å²) in [6, 6.07) is 7.29. The molecule has 1 N–H and O–H groups in total. The second-order valence-electron chi connectivity index (χ2n) is 4.79. The number of ether oxygens (including phenoxy) is 2. The zero-order valence-electron chi connectivity index (χ0n) is 13.0. The van der Waals surface area contributed by atoms with Crippen LogP contribution in [0.4, 0.5) is 0 Å². The number of hydrogen-bond donors (Lipinski definition) is 1. The van der Waals surface area contributed by atoms with Gasteiger partial charge in [0.2, 0.25) is 5.91 Å². The van der Waals surface area contributed by atoms with Gasteiger partial charge in [-0.25, -0.2) is 4.98 Å². The number of carbonyl (C=O) groups excluding carboxylic acids is 1. The maximum atomic E-state index is 11.8. The number of carbonyl (C=O) groups is 1. The Hall–Kier alpha value is -2.50. The van der Waals surface area contributed by atoms with Gasteiger partial charge in [0.15, 0.2) is 5.89 Å². The third-order valence-corrected chi connectivity index (χ3v) is 3.07. The molecule has 1 heterocycles. The van der Waals surface area contributed by atoms with Crippen LogP contribution in [-0.2, 0) is 11.2 Å². The Morgan fingerprint density at radius 1 is 1.23 bits per heavy atom. The Kier molecular flexibility index (Phi) is 5.41. The molecule has 0 aliphatic heterocycles. The first-order valence-corrected chi connectivity index (χ1v) is 7.05. The van der Waals surface area contributed by atoms with Gasteiger partial charge in [0.1, 0.15) is 23.9 Å². The summed E-state index contributed by atoms with van der Waals surface area (Å²) in [5.74, 6) is 2.57. The van der Waals surface area contributed by atoms with Crippen LogP contribution in [0, 0.1) is 13.8 Å². The highest BCUT2D eigenvalue weighted by molar-refractivity contribution is 5.78. The summed E-state index contributed by atoms with van der Waals surface area (Å²) in [5.41, 5.74) is 0.752. The summed E-state index contributed by atoms with van der Waals surface area (Å²) in [4.78, 5) is 15.9. The van der Waals surface area contributed by atoms with E-state index >= 15 is 0 Å². The smallest absolute Gasteiger partial charge is 0.227 e. The topological polar surface area (TPSA) is 73.6 Å². The number of nitrogens with one attached hydrogen (secondary N) is 1. The highest BCUT2D eigenvalue weighted by atomic mass is 16.5. The molecule has 0 aliphatic rings. The highest BCUT2D eigenvalue weighted by Gasteiger charge is 2.11. The van der Waals surface area contributed by atoms with E-state index in [9.17, 15) is 4.79 Å². The average Bonchev–Trinajstić information content (AvgIpc) is 2.82. The first kappa shape index (κ1) is 15.9. The molecule has 1 aromatic heterocycles. The lowest BCUT2D eigenvalue weighted by atomic mass is 10.2. The van der Waals surface area contributed by atoms with Gasteiger partial charge in [-0.3, -0.25) is 4.79 Å². The molecule has 118 valence electrons. The molecule has 2 rings (SSSR count). The standard InChI is InChI=1S/C16H20N2O4/c1-11-15(22-12(2)18-11)10-16(19)17-8-9-21-14-6-4-13(20-3)5-7-14/h4-7H,8-10H2,1-3H3,(H,17,19). The van der Waals surface area contributed by atoms with Gasteiger partial charge in [0.05, 0.1) is 25.8 Å². The minimum absolute atomic E-state index is 0.113. The number of benzene rings is 1. The largest absolute Gasteiger partial charge is 0.497 e. The van der Waals surface area contributed by atoms with Crippen molar-refractivity contribution >= 4 is 5.91 Å². The number of hydrogen-bond acceptors (Lipinski definition) is 5. The van der Waals surface area contributed by atoms with Gasteiger partial charge in [-0.1, -0.05) is 0 Å². The van der Waals surface area contributed by atoms with Crippen LogP contribution in [0.15, 0.2) is 28.7 Å². The van der Waals surface area contributed by atoms with Gasteiger partial charge in [0.25, 0.3) is 0 Å². The van der Waals surface area contributed by atoms with Crippen molar-refractivity contribution in [3.05, 3.63) is 41.6 Å². The zero-order valence-corrected chi connectivity index (χ0v) is 13.0. The molecule has 6 heteroatoms. The maximum absolute atomic E-state index is 11.8. The molecule has 0 bridgehead atoms. The monoisotopic (exact) mass is 304 g/mol. The quantitative estimate of drug-likeness (QED) is 0.792. The minimum atomic E-state index is -0.113. The van der Waals surface area contributed by atoms with Gasteiger partial charge >= 0.3 is 0 Å². The van der Waals surface area contributed by atoms with Crippen molar-refractivity contribution in [3.63, 3.8) is 0 Å². The van der Waals surface area contributed by atoms with Gasteiger partial charge in [-0.2, -0.15) is 0 Å². The van der Waals surface area contributed by atoms with E-state index in [1.165, 1.54) is 0 Å². The van der Waals surface area contributed by atoms with Crippen molar-refractivity contribution in [1.29, 1.82) is 0 Å². The van der Waals surface area contributed by atoms with E-state index in [0.717, 1.165) is 17.2 Å². The van der Waals surface area contributed by atoms with Crippen LogP contribution in [0.1, 0.15) is 17.3 Å². The highest BCUT2D eigenvalue weighted by Crippen LogP contribution is 2.16. The van der Waals surface area contributed by atoms with E-state index in [1.807, 2.05) is 31.2 Å². The molecule has 1 aromatic carbocycles. The van der Waals surface area contributed by atoms with E-state index in [2.05, 4.69) is 10.3 Å². The van der Waals surface area contributed by atoms with E-state index in [4.69, 9.17) is 13.9 Å². The van der Waals surface area contributed by atoms with Crippen LogP contribution in [0.3, 0.4) is 0 Å². The van der Waals surface area contributed by atoms with Gasteiger partial charge in [0, 0.05) is 6.92 Å². The number of amides is 1. The van der Waals surface area contributed by atoms with Crippen molar-refractivity contribution in [2.24, 2.45) is 0 Å². The fourth-order valence-corrected chi connectivity index (χ4v) is 1.98. The molecule has 6 nitrogen and oxygen atoms in total. The normalized spacial score (nSPS) is 10.3. The fourth-order valence-electron chi connectivity index (χ4n) is 1.98. The number of methoxy groups -OCH3 is 1. The lowest BCUT2D eigenvalue weighted by Crippen LogP contribution is -2.29. The minimum Gasteiger partial charge on any atom is -0.497 e. The SMILES string of the molecule is COc1ccc(OCCNC(=O)Cc2oc(C)nc2C)cc1. The molecule has 0 fully saturated rings. The van der Waals surface area contributed by atoms with E-state index in [1.54, 1.807) is 14.0 Å². The molecule has 0 spiro atoms. The lowest BCUT2D eigenvalue weighted by molar-refractivity contribution is -0.120. The molecule has 0 radical (unpaired) electrons. The number of oxazole rings is 1. The molecule has 0 unspecified atom stereocenters. The van der Waals surface area contributed by atoms with E-state index < -0.39 is 0 Å². The second kappa shape index (κ2) is 7.49. The molecule has 2 aromatic rings. The molecule has 0 saturated heterocycles. The summed E-state index contributed by atoms with van der Waals surface area (Å²) >= 11 is 0. The summed E-state index contributed by atoms with van der Waals surface area (Å²) in [6.07, 6.45) is 0.190. The van der Waals surface area contributed by atoms with Crippen LogP contribution < -0.4 is 14.8 Å². The van der Waals surface area contributed by atoms with E-state index in [-0.39, 0.29) is 12.3 Å². The number of aryl methyl sites for hydroxylation is 2. The number of aromatic nitrogens is 1. The van der Waals surface area contributed by atoms with Crippen molar-refractivity contribution < 1.29 is 18.7 Å². The first-order valence-electron chi connectivity index (χ1n) is 7.05. The van der Waals surface area contributed by atoms with Gasteiger partial charge in [-0.05, 0) is 31.2 Å². The van der Waals surface area contributed by atoms with Gasteiger partial charge < -0.3 is 19.2 Å². The predicted octanol–water partition coefficient (Wildman–Crippen LogP) is 2.04. The third-order valence-electron chi connectivity index (χ3n) is 3.07. The maximum Gasteiger partial charge on any atom is 0.227 e. The molecular formula is C16H20N2O4.